The number of rotatable bonds is 7. The average molecular weight is 328 g/mol. The molecule has 0 heterocycles. The molecule has 0 radical (unpaired) electrons. The van der Waals surface area contributed by atoms with E-state index in [1.807, 2.05) is 6.92 Å². The van der Waals surface area contributed by atoms with Crippen molar-refractivity contribution in [1.29, 1.82) is 0 Å². The van der Waals surface area contributed by atoms with E-state index < -0.39 is 17.9 Å². The summed E-state index contributed by atoms with van der Waals surface area (Å²) in [6.07, 6.45) is 1.62. The highest BCUT2D eigenvalue weighted by molar-refractivity contribution is 6.32. The number of carboxylic acids is 1. The van der Waals surface area contributed by atoms with Gasteiger partial charge in [-0.3, -0.25) is 4.79 Å². The highest BCUT2D eigenvalue weighted by Gasteiger charge is 2.37. The maximum atomic E-state index is 12.3. The zero-order valence-corrected chi connectivity index (χ0v) is 13.1. The molecule has 0 aromatic heterocycles. The van der Waals surface area contributed by atoms with E-state index in [0.717, 1.165) is 12.8 Å². The average Bonchev–Trinajstić information content (AvgIpc) is 3.30. The van der Waals surface area contributed by atoms with E-state index in [1.165, 1.54) is 19.2 Å². The van der Waals surface area contributed by atoms with Gasteiger partial charge >= 0.3 is 5.97 Å². The zero-order chi connectivity index (χ0) is 16.3. The number of nitrogens with one attached hydrogen (secondary N) is 1. The summed E-state index contributed by atoms with van der Waals surface area (Å²) in [7, 11) is 1.44. The van der Waals surface area contributed by atoms with Crippen LogP contribution in [0.25, 0.3) is 0 Å². The summed E-state index contributed by atoms with van der Waals surface area (Å²) in [5, 5.41) is 11.9. The van der Waals surface area contributed by atoms with Crippen LogP contribution < -0.4 is 14.8 Å². The van der Waals surface area contributed by atoms with Crippen LogP contribution >= 0.6 is 11.6 Å². The van der Waals surface area contributed by atoms with Crippen molar-refractivity contribution in [3.05, 3.63) is 22.7 Å². The third-order valence-electron chi connectivity index (χ3n) is 3.43. The van der Waals surface area contributed by atoms with Crippen LogP contribution in [0.1, 0.15) is 30.1 Å². The second-order valence-corrected chi connectivity index (χ2v) is 5.46. The molecule has 1 aliphatic carbocycles. The maximum absolute atomic E-state index is 12.3. The number of carbonyl (C=O) groups is 2. The van der Waals surface area contributed by atoms with Crippen molar-refractivity contribution >= 4 is 23.5 Å². The van der Waals surface area contributed by atoms with Gasteiger partial charge in [0.1, 0.15) is 6.04 Å². The Labute approximate surface area is 133 Å². The molecule has 1 aromatic rings. The Hall–Kier alpha value is -1.95. The van der Waals surface area contributed by atoms with Crippen LogP contribution in [0.15, 0.2) is 12.1 Å². The molecule has 0 spiro atoms. The number of benzene rings is 1. The molecule has 0 bridgehead atoms. The Balaban J connectivity index is 2.22. The number of aliphatic carboxylic acids is 1. The number of hydrogen-bond acceptors (Lipinski definition) is 4. The molecule has 1 fully saturated rings. The number of carboxylic acid groups (broad SMARTS) is 1. The lowest BCUT2D eigenvalue weighted by atomic mass is 10.1. The molecule has 1 amide bonds. The van der Waals surface area contributed by atoms with Gasteiger partial charge in [0.2, 0.25) is 0 Å². The summed E-state index contributed by atoms with van der Waals surface area (Å²) >= 11 is 6.11. The molecule has 1 aliphatic rings. The second kappa shape index (κ2) is 6.87. The van der Waals surface area contributed by atoms with E-state index in [9.17, 15) is 9.59 Å². The molecular weight excluding hydrogens is 310 g/mol. The molecule has 1 unspecified atom stereocenters. The minimum atomic E-state index is -1.03. The molecule has 2 N–H and O–H groups in total. The zero-order valence-electron chi connectivity index (χ0n) is 12.4. The molecule has 7 heteroatoms. The summed E-state index contributed by atoms with van der Waals surface area (Å²) in [4.78, 5) is 23.4. The van der Waals surface area contributed by atoms with Gasteiger partial charge in [-0.05, 0) is 37.8 Å². The largest absolute Gasteiger partial charge is 0.493 e. The number of carbonyl (C=O) groups excluding carboxylic acids is 1. The molecule has 6 nitrogen and oxygen atoms in total. The first-order valence-corrected chi connectivity index (χ1v) is 7.39. The number of amides is 1. The lowest BCUT2D eigenvalue weighted by Gasteiger charge is -2.16. The van der Waals surface area contributed by atoms with Crippen LogP contribution in [0.4, 0.5) is 0 Å². The fourth-order valence-electron chi connectivity index (χ4n) is 2.17. The van der Waals surface area contributed by atoms with Crippen LogP contribution in [0.3, 0.4) is 0 Å². The standard InChI is InChI=1S/C15H18ClNO5/c1-3-22-13-10(16)6-9(7-11(13)21-2)14(18)17-12(15(19)20)8-4-5-8/h6-8,12H,3-5H2,1-2H3,(H,17,18)(H,19,20). The molecule has 0 saturated heterocycles. The first kappa shape index (κ1) is 16.4. The van der Waals surface area contributed by atoms with Gasteiger partial charge in [-0.15, -0.1) is 0 Å². The molecular formula is C15H18ClNO5. The van der Waals surface area contributed by atoms with Gasteiger partial charge in [0, 0.05) is 5.56 Å². The van der Waals surface area contributed by atoms with Gasteiger partial charge in [-0.1, -0.05) is 11.6 Å². The number of halogens is 1. The van der Waals surface area contributed by atoms with E-state index in [0.29, 0.717) is 18.1 Å². The highest BCUT2D eigenvalue weighted by atomic mass is 35.5. The van der Waals surface area contributed by atoms with Crippen LogP contribution in [-0.2, 0) is 4.79 Å². The highest BCUT2D eigenvalue weighted by Crippen LogP contribution is 2.37. The third-order valence-corrected chi connectivity index (χ3v) is 3.71. The number of methoxy groups -OCH3 is 1. The predicted molar refractivity (Wildman–Crippen MR) is 80.8 cm³/mol. The van der Waals surface area contributed by atoms with Gasteiger partial charge in [0.15, 0.2) is 11.5 Å². The summed E-state index contributed by atoms with van der Waals surface area (Å²) in [5.41, 5.74) is 0.234. The summed E-state index contributed by atoms with van der Waals surface area (Å²) in [6.45, 7) is 2.22. The molecule has 0 aliphatic heterocycles. The van der Waals surface area contributed by atoms with Crippen LogP contribution in [0.2, 0.25) is 5.02 Å². The van der Waals surface area contributed by atoms with Gasteiger partial charge in [-0.25, -0.2) is 4.79 Å². The normalized spacial score (nSPS) is 15.0. The Kier molecular flexibility index (Phi) is 5.13. The minimum Gasteiger partial charge on any atom is -0.493 e. The van der Waals surface area contributed by atoms with E-state index in [-0.39, 0.29) is 16.5 Å². The van der Waals surface area contributed by atoms with Crippen molar-refractivity contribution in [3.8, 4) is 11.5 Å². The molecule has 120 valence electrons. The first-order valence-electron chi connectivity index (χ1n) is 7.01. The first-order chi connectivity index (χ1) is 10.5. The van der Waals surface area contributed by atoms with Crippen LogP contribution in [0.5, 0.6) is 11.5 Å². The van der Waals surface area contributed by atoms with Crippen molar-refractivity contribution in [2.75, 3.05) is 13.7 Å². The van der Waals surface area contributed by atoms with Gasteiger partial charge in [0.05, 0.1) is 18.7 Å². The van der Waals surface area contributed by atoms with Crippen molar-refractivity contribution in [2.24, 2.45) is 5.92 Å². The molecule has 22 heavy (non-hydrogen) atoms. The van der Waals surface area contributed by atoms with Gasteiger partial charge in [-0.2, -0.15) is 0 Å². The fourth-order valence-corrected chi connectivity index (χ4v) is 2.44. The molecule has 1 saturated carbocycles. The predicted octanol–water partition coefficient (Wildman–Crippen LogP) is 2.34. The Bertz CT molecular complexity index is 586. The summed E-state index contributed by atoms with van der Waals surface area (Å²) in [6, 6.07) is 2.05. The summed E-state index contributed by atoms with van der Waals surface area (Å²) < 4.78 is 10.6. The molecule has 1 aromatic carbocycles. The Morgan fingerprint density at radius 3 is 2.64 bits per heavy atom. The topological polar surface area (TPSA) is 84.9 Å². The van der Waals surface area contributed by atoms with Crippen LogP contribution in [0, 0.1) is 5.92 Å². The Morgan fingerprint density at radius 1 is 1.45 bits per heavy atom. The number of ether oxygens (including phenoxy) is 2. The van der Waals surface area contributed by atoms with Gasteiger partial charge < -0.3 is 19.9 Å². The molecule has 2 rings (SSSR count). The van der Waals surface area contributed by atoms with Crippen molar-refractivity contribution < 1.29 is 24.2 Å². The summed E-state index contributed by atoms with van der Waals surface area (Å²) in [5.74, 6) is -0.832. The Morgan fingerprint density at radius 2 is 2.14 bits per heavy atom. The second-order valence-electron chi connectivity index (χ2n) is 5.05. The maximum Gasteiger partial charge on any atom is 0.326 e. The quantitative estimate of drug-likeness (QED) is 0.803. The van der Waals surface area contributed by atoms with E-state index >= 15 is 0 Å². The smallest absolute Gasteiger partial charge is 0.326 e. The monoisotopic (exact) mass is 327 g/mol. The number of hydrogen-bond donors (Lipinski definition) is 2. The fraction of sp³-hybridized carbons (Fsp3) is 0.467. The van der Waals surface area contributed by atoms with Crippen molar-refractivity contribution in [2.45, 2.75) is 25.8 Å². The van der Waals surface area contributed by atoms with E-state index in [4.69, 9.17) is 26.2 Å². The lowest BCUT2D eigenvalue weighted by molar-refractivity contribution is -0.139. The van der Waals surface area contributed by atoms with Gasteiger partial charge in [0.25, 0.3) is 5.91 Å². The van der Waals surface area contributed by atoms with Crippen molar-refractivity contribution in [3.63, 3.8) is 0 Å². The SMILES string of the molecule is CCOc1c(Cl)cc(C(=O)NC(C(=O)O)C2CC2)cc1OC. The van der Waals surface area contributed by atoms with Crippen LogP contribution in [-0.4, -0.2) is 36.7 Å². The lowest BCUT2D eigenvalue weighted by Crippen LogP contribution is -2.42. The molecule has 1 atom stereocenters. The minimum absolute atomic E-state index is 0.00140. The van der Waals surface area contributed by atoms with Crippen molar-refractivity contribution in [1.82, 2.24) is 5.32 Å². The van der Waals surface area contributed by atoms with E-state index in [2.05, 4.69) is 5.32 Å². The van der Waals surface area contributed by atoms with E-state index in [1.54, 1.807) is 0 Å². The third kappa shape index (κ3) is 3.62.